The lowest BCUT2D eigenvalue weighted by atomic mass is 10.1. The van der Waals surface area contributed by atoms with Gasteiger partial charge in [-0.1, -0.05) is 0 Å². The van der Waals surface area contributed by atoms with E-state index in [-0.39, 0.29) is 22.9 Å². The second-order valence-corrected chi connectivity index (χ2v) is 7.97. The molecule has 1 aliphatic heterocycles. The van der Waals surface area contributed by atoms with Gasteiger partial charge in [0.25, 0.3) is 0 Å². The van der Waals surface area contributed by atoms with Gasteiger partial charge in [-0.2, -0.15) is 0 Å². The van der Waals surface area contributed by atoms with Crippen LogP contribution in [0.4, 0.5) is 5.69 Å². The molecule has 1 aromatic rings. The Hall–Kier alpha value is -1.68. The first-order valence-electron chi connectivity index (χ1n) is 8.27. The molecule has 138 valence electrons. The number of carbonyl (C=O) groups excluding carboxylic acids is 1. The van der Waals surface area contributed by atoms with Crippen molar-refractivity contribution in [1.82, 2.24) is 10.0 Å². The molecule has 1 aromatic carbocycles. The smallest absolute Gasteiger partial charge is 0.244 e. The normalized spacial score (nSPS) is 23.9. The zero-order valence-electron chi connectivity index (χ0n) is 14.2. The van der Waals surface area contributed by atoms with Crippen LogP contribution in [0.3, 0.4) is 0 Å². The Balaban J connectivity index is 1.81. The van der Waals surface area contributed by atoms with Gasteiger partial charge in [0.05, 0.1) is 30.4 Å². The molecule has 1 aliphatic carbocycles. The van der Waals surface area contributed by atoms with Gasteiger partial charge in [0.2, 0.25) is 15.9 Å². The molecule has 1 heterocycles. The average Bonchev–Trinajstić information content (AvgIpc) is 3.38. The molecule has 9 heteroatoms. The summed E-state index contributed by atoms with van der Waals surface area (Å²) in [5, 5.41) is 5.84. The third kappa shape index (κ3) is 4.30. The van der Waals surface area contributed by atoms with Crippen LogP contribution >= 0.6 is 0 Å². The summed E-state index contributed by atoms with van der Waals surface area (Å²) in [5.74, 6) is 0.0957. The van der Waals surface area contributed by atoms with E-state index in [1.165, 1.54) is 25.3 Å². The zero-order valence-corrected chi connectivity index (χ0v) is 15.1. The summed E-state index contributed by atoms with van der Waals surface area (Å²) in [4.78, 5) is 12.6. The van der Waals surface area contributed by atoms with Crippen LogP contribution in [-0.4, -0.2) is 52.8 Å². The van der Waals surface area contributed by atoms with Gasteiger partial charge >= 0.3 is 0 Å². The topological polar surface area (TPSA) is 106 Å². The van der Waals surface area contributed by atoms with Crippen molar-refractivity contribution in [3.05, 3.63) is 18.2 Å². The van der Waals surface area contributed by atoms with Crippen LogP contribution in [0.15, 0.2) is 23.1 Å². The molecule has 8 nitrogen and oxygen atoms in total. The number of hydrogen-bond acceptors (Lipinski definition) is 6. The maximum Gasteiger partial charge on any atom is 0.244 e. The Morgan fingerprint density at radius 2 is 2.12 bits per heavy atom. The fourth-order valence-electron chi connectivity index (χ4n) is 2.68. The zero-order chi connectivity index (χ0) is 18.0. The number of sulfonamides is 1. The minimum absolute atomic E-state index is 0.00887. The Morgan fingerprint density at radius 1 is 1.36 bits per heavy atom. The monoisotopic (exact) mass is 369 g/mol. The Morgan fingerprint density at radius 3 is 2.76 bits per heavy atom. The Labute approximate surface area is 147 Å². The second-order valence-electron chi connectivity index (χ2n) is 6.25. The van der Waals surface area contributed by atoms with Gasteiger partial charge in [0.15, 0.2) is 0 Å². The highest BCUT2D eigenvalue weighted by Gasteiger charge is 2.30. The summed E-state index contributed by atoms with van der Waals surface area (Å²) < 4.78 is 38.1. The van der Waals surface area contributed by atoms with Gasteiger partial charge in [0.1, 0.15) is 11.8 Å². The minimum atomic E-state index is -3.61. The van der Waals surface area contributed by atoms with Gasteiger partial charge in [0, 0.05) is 12.6 Å². The lowest BCUT2D eigenvalue weighted by Crippen LogP contribution is -2.53. The largest absolute Gasteiger partial charge is 0.495 e. The maximum absolute atomic E-state index is 12.5. The van der Waals surface area contributed by atoms with Crippen molar-refractivity contribution in [3.63, 3.8) is 0 Å². The quantitative estimate of drug-likeness (QED) is 0.672. The number of benzene rings is 1. The van der Waals surface area contributed by atoms with Crippen molar-refractivity contribution in [2.24, 2.45) is 0 Å². The molecule has 2 fully saturated rings. The fourth-order valence-corrected chi connectivity index (χ4v) is 4.01. The van der Waals surface area contributed by atoms with E-state index in [0.717, 1.165) is 12.8 Å². The molecule has 3 rings (SSSR count). The van der Waals surface area contributed by atoms with Crippen LogP contribution in [0.2, 0.25) is 0 Å². The first-order valence-corrected chi connectivity index (χ1v) is 9.75. The second kappa shape index (κ2) is 7.28. The SMILES string of the molecule is COc1ccc(S(=O)(=O)NC2CC2)cc1NC(=O)[C@H]1NCCO[C@@H]1C. The molecule has 0 bridgehead atoms. The maximum atomic E-state index is 12.5. The molecular weight excluding hydrogens is 346 g/mol. The van der Waals surface area contributed by atoms with E-state index in [4.69, 9.17) is 9.47 Å². The van der Waals surface area contributed by atoms with Gasteiger partial charge in [-0.25, -0.2) is 13.1 Å². The van der Waals surface area contributed by atoms with Gasteiger partial charge in [-0.15, -0.1) is 0 Å². The van der Waals surface area contributed by atoms with E-state index in [9.17, 15) is 13.2 Å². The van der Waals surface area contributed by atoms with E-state index >= 15 is 0 Å². The summed E-state index contributed by atoms with van der Waals surface area (Å²) in [7, 11) is -2.15. The van der Waals surface area contributed by atoms with E-state index in [1.807, 2.05) is 6.92 Å². The Kier molecular flexibility index (Phi) is 5.28. The predicted octanol–water partition coefficient (Wildman–Crippen LogP) is 0.451. The van der Waals surface area contributed by atoms with Gasteiger partial charge in [-0.05, 0) is 38.0 Å². The van der Waals surface area contributed by atoms with Gasteiger partial charge in [-0.3, -0.25) is 4.79 Å². The highest BCUT2D eigenvalue weighted by Crippen LogP contribution is 2.29. The molecule has 1 saturated heterocycles. The lowest BCUT2D eigenvalue weighted by Gasteiger charge is -2.29. The molecule has 1 saturated carbocycles. The van der Waals surface area contributed by atoms with Crippen molar-refractivity contribution in [2.75, 3.05) is 25.6 Å². The predicted molar refractivity (Wildman–Crippen MR) is 92.2 cm³/mol. The highest BCUT2D eigenvalue weighted by atomic mass is 32.2. The van der Waals surface area contributed by atoms with Crippen LogP contribution in [0, 0.1) is 0 Å². The molecule has 0 unspecified atom stereocenters. The summed E-state index contributed by atoms with van der Waals surface area (Å²) in [6.45, 7) is 2.95. The number of ether oxygens (including phenoxy) is 2. The van der Waals surface area contributed by atoms with E-state index < -0.39 is 16.1 Å². The number of nitrogens with one attached hydrogen (secondary N) is 3. The number of carbonyl (C=O) groups is 1. The van der Waals surface area contributed by atoms with Gasteiger partial charge < -0.3 is 20.1 Å². The molecule has 0 radical (unpaired) electrons. The van der Waals surface area contributed by atoms with Crippen LogP contribution in [0.25, 0.3) is 0 Å². The third-order valence-corrected chi connectivity index (χ3v) is 5.76. The average molecular weight is 369 g/mol. The van der Waals surface area contributed by atoms with Crippen LogP contribution in [0.5, 0.6) is 5.75 Å². The summed E-state index contributed by atoms with van der Waals surface area (Å²) >= 11 is 0. The number of methoxy groups -OCH3 is 1. The fraction of sp³-hybridized carbons (Fsp3) is 0.562. The van der Waals surface area contributed by atoms with Crippen molar-refractivity contribution in [2.45, 2.75) is 42.8 Å². The third-order valence-electron chi connectivity index (χ3n) is 4.24. The summed E-state index contributed by atoms with van der Waals surface area (Å²) in [5.41, 5.74) is 0.311. The number of hydrogen-bond donors (Lipinski definition) is 3. The molecule has 25 heavy (non-hydrogen) atoms. The molecule has 3 N–H and O–H groups in total. The first-order chi connectivity index (χ1) is 11.9. The molecule has 0 aromatic heterocycles. The van der Waals surface area contributed by atoms with Crippen LogP contribution in [-0.2, 0) is 19.6 Å². The number of amides is 1. The number of morpholine rings is 1. The van der Waals surface area contributed by atoms with Crippen molar-refractivity contribution >= 4 is 21.6 Å². The summed E-state index contributed by atoms with van der Waals surface area (Å²) in [6, 6.07) is 3.91. The lowest BCUT2D eigenvalue weighted by molar-refractivity contribution is -0.123. The molecule has 0 spiro atoms. The van der Waals surface area contributed by atoms with E-state index in [0.29, 0.717) is 24.6 Å². The minimum Gasteiger partial charge on any atom is -0.495 e. The van der Waals surface area contributed by atoms with E-state index in [1.54, 1.807) is 0 Å². The molecule has 1 amide bonds. The van der Waals surface area contributed by atoms with Crippen LogP contribution < -0.4 is 20.1 Å². The molecule has 2 atom stereocenters. The molecular formula is C16H23N3O5S. The standard InChI is InChI=1S/C16H23N3O5S/c1-10-15(17-7-8-24-10)16(20)18-13-9-12(5-6-14(13)23-2)25(21,22)19-11-3-4-11/h5-6,9-11,15,17,19H,3-4,7-8H2,1-2H3,(H,18,20)/t10-,15+/m1/s1. The number of rotatable bonds is 6. The number of anilines is 1. The Bertz CT molecular complexity index is 748. The summed E-state index contributed by atoms with van der Waals surface area (Å²) in [6.07, 6.45) is 1.43. The van der Waals surface area contributed by atoms with Crippen molar-refractivity contribution in [1.29, 1.82) is 0 Å². The van der Waals surface area contributed by atoms with Crippen molar-refractivity contribution < 1.29 is 22.7 Å². The van der Waals surface area contributed by atoms with Crippen LogP contribution in [0.1, 0.15) is 19.8 Å². The first kappa shape index (κ1) is 18.1. The highest BCUT2D eigenvalue weighted by molar-refractivity contribution is 7.89. The van der Waals surface area contributed by atoms with E-state index in [2.05, 4.69) is 15.4 Å². The van der Waals surface area contributed by atoms with Crippen molar-refractivity contribution in [3.8, 4) is 5.75 Å². The molecule has 2 aliphatic rings.